The lowest BCUT2D eigenvalue weighted by molar-refractivity contribution is 0.327. The van der Waals surface area contributed by atoms with E-state index in [1.54, 1.807) is 30.5 Å². The first-order valence-electron chi connectivity index (χ1n) is 5.78. The van der Waals surface area contributed by atoms with Gasteiger partial charge in [-0.25, -0.2) is 4.98 Å². The molecule has 0 bridgehead atoms. The SMILES string of the molecule is CCOc1ccc(Nc2ccc(Cl)cc2C#N)cn1. The van der Waals surface area contributed by atoms with Crippen LogP contribution in [0.2, 0.25) is 5.02 Å². The molecule has 0 spiro atoms. The average molecular weight is 274 g/mol. The van der Waals surface area contributed by atoms with Gasteiger partial charge < -0.3 is 10.1 Å². The Balaban J connectivity index is 2.19. The zero-order chi connectivity index (χ0) is 13.7. The second-order valence-corrected chi connectivity index (χ2v) is 4.18. The molecule has 0 saturated heterocycles. The first-order valence-corrected chi connectivity index (χ1v) is 6.16. The predicted molar refractivity (Wildman–Crippen MR) is 74.9 cm³/mol. The summed E-state index contributed by atoms with van der Waals surface area (Å²) in [6.45, 7) is 2.48. The normalized spacial score (nSPS) is 9.74. The second kappa shape index (κ2) is 6.07. The number of halogens is 1. The summed E-state index contributed by atoms with van der Waals surface area (Å²) < 4.78 is 5.26. The number of nitrogens with zero attached hydrogens (tertiary/aromatic N) is 2. The van der Waals surface area contributed by atoms with E-state index in [9.17, 15) is 0 Å². The quantitative estimate of drug-likeness (QED) is 0.922. The van der Waals surface area contributed by atoms with E-state index in [1.807, 2.05) is 13.0 Å². The summed E-state index contributed by atoms with van der Waals surface area (Å²) in [6.07, 6.45) is 1.65. The molecule has 0 atom stereocenters. The third-order valence-corrected chi connectivity index (χ3v) is 2.64. The number of benzene rings is 1. The van der Waals surface area contributed by atoms with Gasteiger partial charge in [-0.2, -0.15) is 5.26 Å². The largest absolute Gasteiger partial charge is 0.478 e. The van der Waals surface area contributed by atoms with Crippen molar-refractivity contribution in [2.45, 2.75) is 6.92 Å². The highest BCUT2D eigenvalue weighted by atomic mass is 35.5. The van der Waals surface area contributed by atoms with Crippen LogP contribution in [0.4, 0.5) is 11.4 Å². The standard InChI is InChI=1S/C14H12ClN3O/c1-2-19-14-6-4-12(9-17-14)18-13-5-3-11(15)7-10(13)8-16/h3-7,9,18H,2H2,1H3. The van der Waals surface area contributed by atoms with Crippen molar-refractivity contribution < 1.29 is 4.74 Å². The zero-order valence-corrected chi connectivity index (χ0v) is 11.1. The molecule has 2 aromatic rings. The van der Waals surface area contributed by atoms with Crippen LogP contribution in [0.25, 0.3) is 0 Å². The first kappa shape index (κ1) is 13.2. The van der Waals surface area contributed by atoms with Crippen molar-refractivity contribution in [2.24, 2.45) is 0 Å². The summed E-state index contributed by atoms with van der Waals surface area (Å²) in [4.78, 5) is 4.14. The molecule has 0 aliphatic carbocycles. The van der Waals surface area contributed by atoms with Crippen molar-refractivity contribution in [3.63, 3.8) is 0 Å². The Morgan fingerprint density at radius 1 is 1.37 bits per heavy atom. The predicted octanol–water partition coefficient (Wildman–Crippen LogP) is 3.75. The maximum atomic E-state index is 9.05. The van der Waals surface area contributed by atoms with Crippen molar-refractivity contribution in [3.05, 3.63) is 47.1 Å². The Morgan fingerprint density at radius 2 is 2.21 bits per heavy atom. The Morgan fingerprint density at radius 3 is 2.84 bits per heavy atom. The minimum Gasteiger partial charge on any atom is -0.478 e. The molecular formula is C14H12ClN3O. The molecule has 0 radical (unpaired) electrons. The summed E-state index contributed by atoms with van der Waals surface area (Å²) in [6, 6.07) is 10.8. The fourth-order valence-corrected chi connectivity index (χ4v) is 1.73. The van der Waals surface area contributed by atoms with Gasteiger partial charge in [0.1, 0.15) is 6.07 Å². The summed E-state index contributed by atoms with van der Waals surface area (Å²) in [5.41, 5.74) is 1.96. The zero-order valence-electron chi connectivity index (χ0n) is 10.4. The van der Waals surface area contributed by atoms with E-state index in [0.29, 0.717) is 28.8 Å². The average Bonchev–Trinajstić information content (AvgIpc) is 2.43. The van der Waals surface area contributed by atoms with Crippen LogP contribution in [-0.4, -0.2) is 11.6 Å². The van der Waals surface area contributed by atoms with Gasteiger partial charge in [-0.05, 0) is 31.2 Å². The number of pyridine rings is 1. The minimum absolute atomic E-state index is 0.487. The molecule has 0 aliphatic rings. The van der Waals surface area contributed by atoms with Crippen LogP contribution in [0.1, 0.15) is 12.5 Å². The van der Waals surface area contributed by atoms with Crippen LogP contribution >= 0.6 is 11.6 Å². The van der Waals surface area contributed by atoms with Crippen molar-refractivity contribution in [1.29, 1.82) is 5.26 Å². The monoisotopic (exact) mass is 273 g/mol. The van der Waals surface area contributed by atoms with E-state index in [0.717, 1.165) is 5.69 Å². The van der Waals surface area contributed by atoms with Crippen molar-refractivity contribution in [1.82, 2.24) is 4.98 Å². The molecule has 19 heavy (non-hydrogen) atoms. The van der Waals surface area contributed by atoms with Gasteiger partial charge in [0.2, 0.25) is 5.88 Å². The number of anilines is 2. The van der Waals surface area contributed by atoms with Gasteiger partial charge in [-0.1, -0.05) is 11.6 Å². The van der Waals surface area contributed by atoms with Crippen molar-refractivity contribution in [2.75, 3.05) is 11.9 Å². The highest BCUT2D eigenvalue weighted by molar-refractivity contribution is 6.30. The third kappa shape index (κ3) is 3.36. The maximum absolute atomic E-state index is 9.05. The van der Waals surface area contributed by atoms with E-state index in [-0.39, 0.29) is 0 Å². The topological polar surface area (TPSA) is 57.9 Å². The van der Waals surface area contributed by atoms with Crippen molar-refractivity contribution in [3.8, 4) is 11.9 Å². The fraction of sp³-hybridized carbons (Fsp3) is 0.143. The number of hydrogen-bond acceptors (Lipinski definition) is 4. The molecular weight excluding hydrogens is 262 g/mol. The van der Waals surface area contributed by atoms with Gasteiger partial charge in [0.05, 0.1) is 29.7 Å². The van der Waals surface area contributed by atoms with Crippen LogP contribution in [-0.2, 0) is 0 Å². The van der Waals surface area contributed by atoms with Gasteiger partial charge >= 0.3 is 0 Å². The third-order valence-electron chi connectivity index (χ3n) is 2.41. The Hall–Kier alpha value is -2.25. The molecule has 0 amide bonds. The summed E-state index contributed by atoms with van der Waals surface area (Å²) in [5.74, 6) is 0.574. The molecule has 96 valence electrons. The van der Waals surface area contributed by atoms with Gasteiger partial charge in [-0.15, -0.1) is 0 Å². The van der Waals surface area contributed by atoms with E-state index >= 15 is 0 Å². The first-order chi connectivity index (χ1) is 9.22. The molecule has 1 aromatic carbocycles. The molecule has 0 fully saturated rings. The highest BCUT2D eigenvalue weighted by Crippen LogP contribution is 2.24. The molecule has 0 unspecified atom stereocenters. The maximum Gasteiger partial charge on any atom is 0.213 e. The Kier molecular flexibility index (Phi) is 4.22. The summed E-state index contributed by atoms with van der Waals surface area (Å²) in [5, 5.41) is 12.7. The molecule has 1 N–H and O–H groups in total. The number of nitrogens with one attached hydrogen (secondary N) is 1. The van der Waals surface area contributed by atoms with Crippen LogP contribution < -0.4 is 10.1 Å². The minimum atomic E-state index is 0.487. The molecule has 1 heterocycles. The lowest BCUT2D eigenvalue weighted by Crippen LogP contribution is -1.97. The number of hydrogen-bond donors (Lipinski definition) is 1. The molecule has 5 heteroatoms. The number of nitriles is 1. The number of aromatic nitrogens is 1. The van der Waals surface area contributed by atoms with E-state index in [2.05, 4.69) is 16.4 Å². The molecule has 2 rings (SSSR count). The van der Waals surface area contributed by atoms with Crippen LogP contribution in [0.3, 0.4) is 0 Å². The van der Waals surface area contributed by atoms with E-state index in [4.69, 9.17) is 21.6 Å². The Labute approximate surface area is 116 Å². The van der Waals surface area contributed by atoms with E-state index in [1.165, 1.54) is 0 Å². The summed E-state index contributed by atoms with van der Waals surface area (Å²) >= 11 is 5.85. The van der Waals surface area contributed by atoms with Crippen LogP contribution in [0.15, 0.2) is 36.5 Å². The molecule has 0 aliphatic heterocycles. The fourth-order valence-electron chi connectivity index (χ4n) is 1.56. The Bertz CT molecular complexity index is 605. The number of rotatable bonds is 4. The van der Waals surface area contributed by atoms with Crippen LogP contribution in [0, 0.1) is 11.3 Å². The van der Waals surface area contributed by atoms with E-state index < -0.39 is 0 Å². The molecule has 4 nitrogen and oxygen atoms in total. The van der Waals surface area contributed by atoms with Gasteiger partial charge in [0.15, 0.2) is 0 Å². The van der Waals surface area contributed by atoms with Gasteiger partial charge in [0, 0.05) is 11.1 Å². The van der Waals surface area contributed by atoms with Crippen LogP contribution in [0.5, 0.6) is 5.88 Å². The lowest BCUT2D eigenvalue weighted by atomic mass is 10.2. The van der Waals surface area contributed by atoms with Gasteiger partial charge in [0.25, 0.3) is 0 Å². The molecule has 0 saturated carbocycles. The summed E-state index contributed by atoms with van der Waals surface area (Å²) in [7, 11) is 0. The lowest BCUT2D eigenvalue weighted by Gasteiger charge is -2.09. The smallest absolute Gasteiger partial charge is 0.213 e. The van der Waals surface area contributed by atoms with Crippen molar-refractivity contribution >= 4 is 23.0 Å². The number of ether oxygens (including phenoxy) is 1. The highest BCUT2D eigenvalue weighted by Gasteiger charge is 2.04. The molecule has 1 aromatic heterocycles. The van der Waals surface area contributed by atoms with Gasteiger partial charge in [-0.3, -0.25) is 0 Å². The second-order valence-electron chi connectivity index (χ2n) is 3.74.